The van der Waals surface area contributed by atoms with Crippen LogP contribution in [-0.4, -0.2) is 66.3 Å². The molecule has 7 nitrogen and oxygen atoms in total. The van der Waals surface area contributed by atoms with Crippen molar-refractivity contribution in [2.24, 2.45) is 11.8 Å². The van der Waals surface area contributed by atoms with Crippen LogP contribution in [0.3, 0.4) is 0 Å². The number of ether oxygens (including phenoxy) is 1. The van der Waals surface area contributed by atoms with E-state index in [9.17, 15) is 9.90 Å². The third-order valence-corrected chi connectivity index (χ3v) is 7.45. The van der Waals surface area contributed by atoms with Crippen LogP contribution in [0.1, 0.15) is 53.1 Å². The van der Waals surface area contributed by atoms with E-state index in [1.807, 2.05) is 6.20 Å². The number of rotatable bonds is 9. The SMILES string of the molecule is CN(C)Cc1cc(-c2cnc3[nH]cc(C(=O)NCC(CO)C4CC4)c3c2)ccc1C1CCOCC1. The average molecular weight is 477 g/mol. The van der Waals surface area contributed by atoms with Gasteiger partial charge in [-0.05, 0) is 80.4 Å². The van der Waals surface area contributed by atoms with Crippen molar-refractivity contribution < 1.29 is 14.6 Å². The Kier molecular flexibility index (Phi) is 7.18. The van der Waals surface area contributed by atoms with E-state index in [4.69, 9.17) is 4.74 Å². The highest BCUT2D eigenvalue weighted by Gasteiger charge is 2.31. The zero-order valence-corrected chi connectivity index (χ0v) is 20.7. The minimum atomic E-state index is -0.127. The van der Waals surface area contributed by atoms with Crippen molar-refractivity contribution in [2.75, 3.05) is 40.5 Å². The molecule has 0 radical (unpaired) electrons. The third-order valence-electron chi connectivity index (χ3n) is 7.45. The Morgan fingerprint density at radius 3 is 2.71 bits per heavy atom. The number of benzene rings is 1. The van der Waals surface area contributed by atoms with E-state index in [1.54, 1.807) is 6.20 Å². The number of nitrogens with zero attached hydrogens (tertiary/aromatic N) is 2. The second kappa shape index (κ2) is 10.5. The lowest BCUT2D eigenvalue weighted by Crippen LogP contribution is -2.31. The minimum Gasteiger partial charge on any atom is -0.396 e. The number of carbonyl (C=O) groups is 1. The van der Waals surface area contributed by atoms with Gasteiger partial charge in [-0.1, -0.05) is 12.1 Å². The van der Waals surface area contributed by atoms with Crippen molar-refractivity contribution in [1.82, 2.24) is 20.2 Å². The fraction of sp³-hybridized carbons (Fsp3) is 0.500. The number of fused-ring (bicyclic) bond motifs is 1. The monoisotopic (exact) mass is 476 g/mol. The van der Waals surface area contributed by atoms with Crippen molar-refractivity contribution in [2.45, 2.75) is 38.1 Å². The van der Waals surface area contributed by atoms with Crippen LogP contribution >= 0.6 is 0 Å². The van der Waals surface area contributed by atoms with E-state index >= 15 is 0 Å². The van der Waals surface area contributed by atoms with Crippen molar-refractivity contribution in [1.29, 1.82) is 0 Å². The number of aliphatic hydroxyl groups excluding tert-OH is 1. The van der Waals surface area contributed by atoms with Gasteiger partial charge in [-0.3, -0.25) is 4.79 Å². The van der Waals surface area contributed by atoms with E-state index in [2.05, 4.69) is 58.5 Å². The van der Waals surface area contributed by atoms with E-state index < -0.39 is 0 Å². The molecule has 1 saturated heterocycles. The molecule has 0 spiro atoms. The number of aromatic nitrogens is 2. The molecule has 35 heavy (non-hydrogen) atoms. The first-order chi connectivity index (χ1) is 17.0. The molecule has 1 aliphatic heterocycles. The van der Waals surface area contributed by atoms with Crippen LogP contribution in [-0.2, 0) is 11.3 Å². The summed E-state index contributed by atoms with van der Waals surface area (Å²) in [4.78, 5) is 22.9. The molecule has 5 rings (SSSR count). The van der Waals surface area contributed by atoms with Crippen LogP contribution in [0.5, 0.6) is 0 Å². The molecule has 3 heterocycles. The van der Waals surface area contributed by atoms with Gasteiger partial charge < -0.3 is 25.0 Å². The zero-order chi connectivity index (χ0) is 24.4. The summed E-state index contributed by atoms with van der Waals surface area (Å²) in [6.07, 6.45) is 8.01. The quantitative estimate of drug-likeness (QED) is 0.435. The number of hydrogen-bond donors (Lipinski definition) is 3. The maximum Gasteiger partial charge on any atom is 0.253 e. The van der Waals surface area contributed by atoms with Crippen molar-refractivity contribution in [3.63, 3.8) is 0 Å². The first-order valence-corrected chi connectivity index (χ1v) is 12.8. The number of H-pyrrole nitrogens is 1. The Morgan fingerprint density at radius 1 is 1.20 bits per heavy atom. The highest BCUT2D eigenvalue weighted by atomic mass is 16.5. The van der Waals surface area contributed by atoms with E-state index in [1.165, 1.54) is 11.1 Å². The molecular formula is C28H36N4O3. The van der Waals surface area contributed by atoms with Gasteiger partial charge in [0.25, 0.3) is 5.91 Å². The lowest BCUT2D eigenvalue weighted by molar-refractivity contribution is 0.0850. The van der Waals surface area contributed by atoms with Gasteiger partial charge in [0.05, 0.1) is 5.56 Å². The van der Waals surface area contributed by atoms with Crippen LogP contribution in [0, 0.1) is 11.8 Å². The second-order valence-corrected chi connectivity index (χ2v) is 10.4. The topological polar surface area (TPSA) is 90.5 Å². The van der Waals surface area contributed by atoms with Crippen LogP contribution in [0.25, 0.3) is 22.2 Å². The first kappa shape index (κ1) is 24.0. The summed E-state index contributed by atoms with van der Waals surface area (Å²) in [7, 11) is 4.20. The number of aliphatic hydroxyl groups is 1. The normalized spacial score (nSPS) is 17.7. The molecule has 1 amide bonds. The van der Waals surface area contributed by atoms with Crippen molar-refractivity contribution in [3.05, 3.63) is 53.3 Å². The molecule has 2 aliphatic rings. The molecule has 1 aliphatic carbocycles. The largest absolute Gasteiger partial charge is 0.396 e. The van der Waals surface area contributed by atoms with Gasteiger partial charge in [0.2, 0.25) is 0 Å². The predicted octanol–water partition coefficient (Wildman–Crippen LogP) is 3.93. The maximum atomic E-state index is 13.0. The molecule has 1 atom stereocenters. The number of aromatic amines is 1. The molecule has 1 aromatic carbocycles. The van der Waals surface area contributed by atoms with Crippen LogP contribution in [0.4, 0.5) is 0 Å². The standard InChI is InChI=1S/C28H36N4O3/c1-32(2)16-22-11-20(5-6-24(22)19-7-9-35-10-8-19)21-12-25-26(15-30-27(25)29-13-21)28(34)31-14-23(17-33)18-3-4-18/h5-6,11-13,15,18-19,23,33H,3-4,7-10,14,16-17H2,1-2H3,(H,29,30)(H,31,34). The summed E-state index contributed by atoms with van der Waals surface area (Å²) < 4.78 is 5.58. The third kappa shape index (κ3) is 5.42. The fourth-order valence-electron chi connectivity index (χ4n) is 5.29. The Bertz CT molecular complexity index is 1180. The summed E-state index contributed by atoms with van der Waals surface area (Å²) in [5, 5.41) is 13.5. The first-order valence-electron chi connectivity index (χ1n) is 12.8. The Morgan fingerprint density at radius 2 is 2.00 bits per heavy atom. The highest BCUT2D eigenvalue weighted by molar-refractivity contribution is 6.06. The summed E-state index contributed by atoms with van der Waals surface area (Å²) in [6, 6.07) is 8.79. The van der Waals surface area contributed by atoms with E-state index in [-0.39, 0.29) is 18.4 Å². The summed E-state index contributed by atoms with van der Waals surface area (Å²) in [6.45, 7) is 3.14. The summed E-state index contributed by atoms with van der Waals surface area (Å²) in [5.74, 6) is 1.09. The Balaban J connectivity index is 1.41. The van der Waals surface area contributed by atoms with Crippen LogP contribution in [0.15, 0.2) is 36.7 Å². The number of nitrogens with one attached hydrogen (secondary N) is 2. The van der Waals surface area contributed by atoms with E-state index in [0.717, 1.165) is 62.0 Å². The molecule has 3 N–H and O–H groups in total. The van der Waals surface area contributed by atoms with Crippen molar-refractivity contribution >= 4 is 16.9 Å². The number of amides is 1. The molecule has 1 saturated carbocycles. The Labute approximate surface area is 206 Å². The van der Waals surface area contributed by atoms with Gasteiger partial charge in [-0.25, -0.2) is 4.98 Å². The maximum absolute atomic E-state index is 13.0. The molecule has 0 bridgehead atoms. The molecular weight excluding hydrogens is 440 g/mol. The van der Waals surface area contributed by atoms with Gasteiger partial charge in [0.15, 0.2) is 0 Å². The van der Waals surface area contributed by atoms with Gasteiger partial charge in [0.1, 0.15) is 5.65 Å². The lowest BCUT2D eigenvalue weighted by atomic mass is 9.86. The van der Waals surface area contributed by atoms with Crippen molar-refractivity contribution in [3.8, 4) is 11.1 Å². The number of hydrogen-bond acceptors (Lipinski definition) is 5. The molecule has 7 heteroatoms. The van der Waals surface area contributed by atoms with Crippen LogP contribution in [0.2, 0.25) is 0 Å². The predicted molar refractivity (Wildman–Crippen MR) is 137 cm³/mol. The fourth-order valence-corrected chi connectivity index (χ4v) is 5.29. The molecule has 3 aromatic rings. The number of pyridine rings is 1. The molecule has 2 aromatic heterocycles. The van der Waals surface area contributed by atoms with Gasteiger partial charge in [-0.2, -0.15) is 0 Å². The van der Waals surface area contributed by atoms with Gasteiger partial charge in [0, 0.05) is 62.2 Å². The zero-order valence-electron chi connectivity index (χ0n) is 20.7. The molecule has 186 valence electrons. The van der Waals surface area contributed by atoms with E-state index in [0.29, 0.717) is 29.6 Å². The highest BCUT2D eigenvalue weighted by Crippen LogP contribution is 2.36. The molecule has 2 fully saturated rings. The minimum absolute atomic E-state index is 0.115. The Hall–Kier alpha value is -2.74. The van der Waals surface area contributed by atoms with Gasteiger partial charge in [-0.15, -0.1) is 0 Å². The molecule has 1 unspecified atom stereocenters. The van der Waals surface area contributed by atoms with Gasteiger partial charge >= 0.3 is 0 Å². The number of carbonyl (C=O) groups excluding carboxylic acids is 1. The van der Waals surface area contributed by atoms with Crippen LogP contribution < -0.4 is 5.32 Å². The summed E-state index contributed by atoms with van der Waals surface area (Å²) in [5.41, 5.74) is 6.14. The summed E-state index contributed by atoms with van der Waals surface area (Å²) >= 11 is 0. The smallest absolute Gasteiger partial charge is 0.253 e. The average Bonchev–Trinajstić information content (AvgIpc) is 3.62. The lowest BCUT2D eigenvalue weighted by Gasteiger charge is -2.26. The second-order valence-electron chi connectivity index (χ2n) is 10.4.